The molecule has 5 nitrogen and oxygen atoms in total. The van der Waals surface area contributed by atoms with Crippen LogP contribution in [0.15, 0.2) is 36.5 Å². The molecule has 2 aromatic rings. The summed E-state index contributed by atoms with van der Waals surface area (Å²) in [5.41, 5.74) is 7.85. The van der Waals surface area contributed by atoms with E-state index in [2.05, 4.69) is 22.5 Å². The monoisotopic (exact) mass is 256 g/mol. The maximum Gasteiger partial charge on any atom is 0.271 e. The summed E-state index contributed by atoms with van der Waals surface area (Å²) in [5.74, 6) is 0.264. The molecule has 1 fully saturated rings. The zero-order chi connectivity index (χ0) is 13.4. The van der Waals surface area contributed by atoms with E-state index in [0.29, 0.717) is 17.3 Å². The fraction of sp³-hybridized carbons (Fsp3) is 0.286. The van der Waals surface area contributed by atoms with Crippen LogP contribution in [-0.2, 0) is 7.05 Å². The van der Waals surface area contributed by atoms with Gasteiger partial charge in [-0.1, -0.05) is 30.3 Å². The summed E-state index contributed by atoms with van der Waals surface area (Å²) in [6.07, 6.45) is 2.48. The van der Waals surface area contributed by atoms with E-state index in [0.717, 1.165) is 6.42 Å². The molecule has 19 heavy (non-hydrogen) atoms. The Morgan fingerprint density at radius 2 is 2.16 bits per heavy atom. The maximum atomic E-state index is 12.1. The van der Waals surface area contributed by atoms with E-state index >= 15 is 0 Å². The number of benzene rings is 1. The molecule has 5 heteroatoms. The van der Waals surface area contributed by atoms with Gasteiger partial charge in [-0.25, -0.2) is 0 Å². The van der Waals surface area contributed by atoms with Crippen LogP contribution in [0.1, 0.15) is 28.4 Å². The van der Waals surface area contributed by atoms with Gasteiger partial charge in [0.15, 0.2) is 0 Å². The van der Waals surface area contributed by atoms with Gasteiger partial charge in [-0.2, -0.15) is 5.10 Å². The van der Waals surface area contributed by atoms with Crippen molar-refractivity contribution in [2.45, 2.75) is 18.4 Å². The van der Waals surface area contributed by atoms with E-state index < -0.39 is 0 Å². The Bertz CT molecular complexity index is 586. The van der Waals surface area contributed by atoms with Crippen LogP contribution in [0.2, 0.25) is 0 Å². The van der Waals surface area contributed by atoms with Crippen LogP contribution in [-0.4, -0.2) is 21.7 Å². The van der Waals surface area contributed by atoms with Gasteiger partial charge in [0.25, 0.3) is 5.91 Å². The fourth-order valence-corrected chi connectivity index (χ4v) is 2.39. The van der Waals surface area contributed by atoms with E-state index in [1.807, 2.05) is 18.2 Å². The number of aryl methyl sites for hydroxylation is 1. The zero-order valence-electron chi connectivity index (χ0n) is 10.7. The summed E-state index contributed by atoms with van der Waals surface area (Å²) < 4.78 is 1.50. The van der Waals surface area contributed by atoms with E-state index in [-0.39, 0.29) is 11.9 Å². The maximum absolute atomic E-state index is 12.1. The Morgan fingerprint density at radius 3 is 2.79 bits per heavy atom. The largest absolute Gasteiger partial charge is 0.396 e. The molecular formula is C14H16N4O. The third-order valence-corrected chi connectivity index (χ3v) is 3.52. The number of hydrogen-bond acceptors (Lipinski definition) is 3. The Morgan fingerprint density at radius 1 is 1.42 bits per heavy atom. The van der Waals surface area contributed by atoms with Gasteiger partial charge in [0.1, 0.15) is 5.69 Å². The van der Waals surface area contributed by atoms with Crippen molar-refractivity contribution in [3.05, 3.63) is 47.8 Å². The summed E-state index contributed by atoms with van der Waals surface area (Å²) in [7, 11) is 1.72. The molecule has 1 heterocycles. The third kappa shape index (κ3) is 2.19. The molecule has 2 unspecified atom stereocenters. The lowest BCUT2D eigenvalue weighted by atomic mass is 10.1. The predicted molar refractivity (Wildman–Crippen MR) is 72.7 cm³/mol. The predicted octanol–water partition coefficient (Wildman–Crippen LogP) is 1.29. The lowest BCUT2D eigenvalue weighted by Crippen LogP contribution is -2.29. The van der Waals surface area contributed by atoms with Crippen LogP contribution in [0.25, 0.3) is 0 Å². The number of nitrogen functional groups attached to an aromatic ring is 1. The quantitative estimate of drug-likeness (QED) is 0.869. The van der Waals surface area contributed by atoms with E-state index in [1.54, 1.807) is 7.05 Å². The second-order valence-corrected chi connectivity index (χ2v) is 4.90. The van der Waals surface area contributed by atoms with Crippen molar-refractivity contribution in [1.29, 1.82) is 0 Å². The van der Waals surface area contributed by atoms with Crippen LogP contribution in [0, 0.1) is 0 Å². The first kappa shape index (κ1) is 11.8. The van der Waals surface area contributed by atoms with Gasteiger partial charge in [0, 0.05) is 19.0 Å². The highest BCUT2D eigenvalue weighted by Gasteiger charge is 2.39. The summed E-state index contributed by atoms with van der Waals surface area (Å²) in [4.78, 5) is 12.1. The van der Waals surface area contributed by atoms with Gasteiger partial charge in [0.05, 0.1) is 11.9 Å². The molecule has 0 saturated heterocycles. The molecule has 98 valence electrons. The standard InChI is InChI=1S/C14H16N4O/c1-18-13(11(15)8-16-18)14(19)17-12-7-10(12)9-5-3-2-4-6-9/h2-6,8,10,12H,7,15H2,1H3,(H,17,19). The molecule has 1 aliphatic carbocycles. The van der Waals surface area contributed by atoms with Crippen molar-refractivity contribution >= 4 is 11.6 Å². The molecular weight excluding hydrogens is 240 g/mol. The normalized spacial score (nSPS) is 21.1. The van der Waals surface area contributed by atoms with Gasteiger partial charge in [0.2, 0.25) is 0 Å². The van der Waals surface area contributed by atoms with Gasteiger partial charge in [-0.05, 0) is 12.0 Å². The van der Waals surface area contributed by atoms with Crippen molar-refractivity contribution in [3.63, 3.8) is 0 Å². The van der Waals surface area contributed by atoms with Gasteiger partial charge >= 0.3 is 0 Å². The number of carbonyl (C=O) groups is 1. The molecule has 0 radical (unpaired) electrons. The van der Waals surface area contributed by atoms with Crippen molar-refractivity contribution in [3.8, 4) is 0 Å². The summed E-state index contributed by atoms with van der Waals surface area (Å²) in [5, 5.41) is 6.98. The number of anilines is 1. The minimum absolute atomic E-state index is 0.152. The molecule has 1 aromatic carbocycles. The Labute approximate surface area is 111 Å². The minimum Gasteiger partial charge on any atom is -0.396 e. The fourth-order valence-electron chi connectivity index (χ4n) is 2.39. The topological polar surface area (TPSA) is 72.9 Å². The molecule has 1 amide bonds. The van der Waals surface area contributed by atoms with Crippen molar-refractivity contribution in [1.82, 2.24) is 15.1 Å². The Balaban J connectivity index is 1.67. The van der Waals surface area contributed by atoms with Gasteiger partial charge < -0.3 is 11.1 Å². The van der Waals surface area contributed by atoms with Crippen LogP contribution in [0.3, 0.4) is 0 Å². The first-order chi connectivity index (χ1) is 9.16. The Hall–Kier alpha value is -2.30. The lowest BCUT2D eigenvalue weighted by molar-refractivity contribution is 0.0942. The van der Waals surface area contributed by atoms with E-state index in [4.69, 9.17) is 5.73 Å². The van der Waals surface area contributed by atoms with E-state index in [1.165, 1.54) is 16.4 Å². The zero-order valence-corrected chi connectivity index (χ0v) is 10.7. The van der Waals surface area contributed by atoms with Crippen LogP contribution >= 0.6 is 0 Å². The Kier molecular flexibility index (Phi) is 2.74. The molecule has 1 aliphatic rings. The number of hydrogen-bond donors (Lipinski definition) is 2. The van der Waals surface area contributed by atoms with Crippen molar-refractivity contribution in [2.75, 3.05) is 5.73 Å². The number of nitrogens with two attached hydrogens (primary N) is 1. The summed E-state index contributed by atoms with van der Waals surface area (Å²) in [6.45, 7) is 0. The summed E-state index contributed by atoms with van der Waals surface area (Å²) >= 11 is 0. The molecule has 0 spiro atoms. The average Bonchev–Trinajstić information content (AvgIpc) is 3.08. The molecule has 3 rings (SSSR count). The molecule has 1 aromatic heterocycles. The number of amides is 1. The first-order valence-corrected chi connectivity index (χ1v) is 6.30. The van der Waals surface area contributed by atoms with Crippen LogP contribution in [0.5, 0.6) is 0 Å². The summed E-state index contributed by atoms with van der Waals surface area (Å²) in [6, 6.07) is 10.4. The van der Waals surface area contributed by atoms with Crippen molar-refractivity contribution in [2.24, 2.45) is 7.05 Å². The van der Waals surface area contributed by atoms with Crippen molar-refractivity contribution < 1.29 is 4.79 Å². The minimum atomic E-state index is -0.152. The van der Waals surface area contributed by atoms with Gasteiger partial charge in [-0.3, -0.25) is 9.48 Å². The molecule has 2 atom stereocenters. The SMILES string of the molecule is Cn1ncc(N)c1C(=O)NC1CC1c1ccccc1. The van der Waals surface area contributed by atoms with Gasteiger partial charge in [-0.15, -0.1) is 0 Å². The first-order valence-electron chi connectivity index (χ1n) is 6.30. The smallest absolute Gasteiger partial charge is 0.271 e. The number of aromatic nitrogens is 2. The molecule has 1 saturated carbocycles. The highest BCUT2D eigenvalue weighted by atomic mass is 16.2. The second kappa shape index (κ2) is 4.42. The molecule has 3 N–H and O–H groups in total. The molecule has 0 aliphatic heterocycles. The highest BCUT2D eigenvalue weighted by Crippen LogP contribution is 2.40. The van der Waals surface area contributed by atoms with Crippen LogP contribution < -0.4 is 11.1 Å². The number of rotatable bonds is 3. The van der Waals surface area contributed by atoms with E-state index in [9.17, 15) is 4.79 Å². The lowest BCUT2D eigenvalue weighted by Gasteiger charge is -2.06. The van der Waals surface area contributed by atoms with Crippen LogP contribution in [0.4, 0.5) is 5.69 Å². The number of nitrogens with one attached hydrogen (secondary N) is 1. The molecule has 0 bridgehead atoms. The second-order valence-electron chi connectivity index (χ2n) is 4.90. The number of carbonyl (C=O) groups excluding carboxylic acids is 1. The third-order valence-electron chi connectivity index (χ3n) is 3.52. The number of nitrogens with zero attached hydrogens (tertiary/aromatic N) is 2. The average molecular weight is 256 g/mol. The highest BCUT2D eigenvalue weighted by molar-refractivity contribution is 5.97.